The van der Waals surface area contributed by atoms with E-state index in [2.05, 4.69) is 53.7 Å². The highest BCUT2D eigenvalue weighted by Crippen LogP contribution is 2.36. The second-order valence-electron chi connectivity index (χ2n) is 6.56. The van der Waals surface area contributed by atoms with E-state index in [0.29, 0.717) is 5.41 Å². The number of rotatable bonds is 2. The van der Waals surface area contributed by atoms with E-state index in [1.165, 1.54) is 18.5 Å². The molecule has 1 N–H and O–H groups in total. The van der Waals surface area contributed by atoms with Gasteiger partial charge in [-0.3, -0.25) is 0 Å². The van der Waals surface area contributed by atoms with Crippen LogP contribution in [0.4, 0.5) is 5.69 Å². The zero-order valence-electron chi connectivity index (χ0n) is 12.1. The number of hydrogen-bond acceptors (Lipinski definition) is 2. The Morgan fingerprint density at radius 1 is 1.26 bits per heavy atom. The van der Waals surface area contributed by atoms with E-state index >= 15 is 0 Å². The normalized spacial score (nSPS) is 17.8. The largest absolute Gasteiger partial charge is 0.392 e. The number of piperidine rings is 1. The number of hydrogen-bond donors (Lipinski definition) is 1. The lowest BCUT2D eigenvalue weighted by Gasteiger charge is -2.39. The first-order chi connectivity index (χ1) is 8.91. The average Bonchev–Trinajstić information content (AvgIpc) is 2.38. The Balaban J connectivity index is 2.04. The van der Waals surface area contributed by atoms with Crippen LogP contribution < -0.4 is 4.90 Å². The molecule has 0 unspecified atom stereocenters. The number of halogens is 1. The van der Waals surface area contributed by atoms with Crippen molar-refractivity contribution in [1.29, 1.82) is 0 Å². The molecule has 0 atom stereocenters. The van der Waals surface area contributed by atoms with Gasteiger partial charge in [0.25, 0.3) is 0 Å². The van der Waals surface area contributed by atoms with Crippen LogP contribution in [0.1, 0.15) is 39.2 Å². The van der Waals surface area contributed by atoms with Gasteiger partial charge in [0.05, 0.1) is 6.61 Å². The lowest BCUT2D eigenvalue weighted by Crippen LogP contribution is -2.38. The van der Waals surface area contributed by atoms with E-state index < -0.39 is 0 Å². The molecule has 2 nitrogen and oxygen atoms in total. The summed E-state index contributed by atoms with van der Waals surface area (Å²) in [6.07, 6.45) is 2.53. The topological polar surface area (TPSA) is 23.5 Å². The summed E-state index contributed by atoms with van der Waals surface area (Å²) in [4.78, 5) is 2.45. The van der Waals surface area contributed by atoms with Crippen LogP contribution in [0.25, 0.3) is 0 Å². The first-order valence-electron chi connectivity index (χ1n) is 7.06. The van der Waals surface area contributed by atoms with E-state index in [4.69, 9.17) is 0 Å². The molecule has 0 amide bonds. The molecule has 1 aromatic carbocycles. The van der Waals surface area contributed by atoms with E-state index in [0.717, 1.165) is 29.0 Å². The summed E-state index contributed by atoms with van der Waals surface area (Å²) in [5.74, 6) is 0.823. The minimum absolute atomic E-state index is 0.0902. The lowest BCUT2D eigenvalue weighted by atomic mass is 9.75. The smallest absolute Gasteiger partial charge is 0.0692 e. The second-order valence-corrected chi connectivity index (χ2v) is 7.42. The van der Waals surface area contributed by atoms with Gasteiger partial charge in [-0.25, -0.2) is 0 Å². The molecule has 1 aliphatic heterocycles. The third-order valence-corrected chi connectivity index (χ3v) is 5.03. The van der Waals surface area contributed by atoms with Crippen molar-refractivity contribution < 1.29 is 5.11 Å². The van der Waals surface area contributed by atoms with Crippen LogP contribution in [0.3, 0.4) is 0 Å². The van der Waals surface area contributed by atoms with Crippen molar-refractivity contribution in [2.75, 3.05) is 18.0 Å². The van der Waals surface area contributed by atoms with Crippen LogP contribution in [0.5, 0.6) is 0 Å². The summed E-state index contributed by atoms with van der Waals surface area (Å²) < 4.78 is 1.01. The van der Waals surface area contributed by atoms with Crippen molar-refractivity contribution in [2.24, 2.45) is 11.3 Å². The number of aliphatic hydroxyl groups is 1. The Morgan fingerprint density at radius 2 is 1.89 bits per heavy atom. The molecule has 0 bridgehead atoms. The summed E-state index contributed by atoms with van der Waals surface area (Å²) >= 11 is 3.53. The summed E-state index contributed by atoms with van der Waals surface area (Å²) in [6, 6.07) is 6.26. The first-order valence-corrected chi connectivity index (χ1v) is 7.85. The standard InChI is InChI=1S/C16H24BrNO/c1-16(2,3)13-6-8-18(9-7-13)14-5-4-12(11-19)15(17)10-14/h4-5,10,13,19H,6-9,11H2,1-3H3. The molecular weight excluding hydrogens is 302 g/mol. The number of anilines is 1. The SMILES string of the molecule is CC(C)(C)C1CCN(c2ccc(CO)c(Br)c2)CC1. The van der Waals surface area contributed by atoms with Crippen molar-refractivity contribution in [3.05, 3.63) is 28.2 Å². The van der Waals surface area contributed by atoms with Crippen LogP contribution in [0.2, 0.25) is 0 Å². The number of aliphatic hydroxyl groups excluding tert-OH is 1. The second kappa shape index (κ2) is 5.84. The van der Waals surface area contributed by atoms with Crippen LogP contribution in [-0.2, 0) is 6.61 Å². The number of nitrogens with zero attached hydrogens (tertiary/aromatic N) is 1. The number of benzene rings is 1. The average molecular weight is 326 g/mol. The van der Waals surface area contributed by atoms with E-state index in [1.807, 2.05) is 6.07 Å². The quantitative estimate of drug-likeness (QED) is 0.880. The van der Waals surface area contributed by atoms with E-state index in [-0.39, 0.29) is 6.61 Å². The minimum atomic E-state index is 0.0902. The molecule has 106 valence electrons. The molecule has 1 aromatic rings. The fraction of sp³-hybridized carbons (Fsp3) is 0.625. The molecule has 0 aromatic heterocycles. The van der Waals surface area contributed by atoms with Gasteiger partial charge in [0.15, 0.2) is 0 Å². The van der Waals surface area contributed by atoms with Crippen LogP contribution >= 0.6 is 15.9 Å². The van der Waals surface area contributed by atoms with E-state index in [9.17, 15) is 5.11 Å². The van der Waals surface area contributed by atoms with Gasteiger partial charge in [-0.05, 0) is 41.9 Å². The Labute approximate surface area is 124 Å². The molecule has 1 aliphatic rings. The fourth-order valence-electron chi connectivity index (χ4n) is 2.86. The molecule has 19 heavy (non-hydrogen) atoms. The molecule has 0 aliphatic carbocycles. The maximum absolute atomic E-state index is 9.20. The Morgan fingerprint density at radius 3 is 2.37 bits per heavy atom. The predicted molar refractivity (Wildman–Crippen MR) is 84.5 cm³/mol. The van der Waals surface area contributed by atoms with Crippen molar-refractivity contribution in [3.8, 4) is 0 Å². The van der Waals surface area contributed by atoms with Gasteiger partial charge < -0.3 is 10.0 Å². The summed E-state index contributed by atoms with van der Waals surface area (Å²) in [6.45, 7) is 9.40. The van der Waals surface area contributed by atoms with Crippen molar-refractivity contribution >= 4 is 21.6 Å². The van der Waals surface area contributed by atoms with Crippen LogP contribution in [0, 0.1) is 11.3 Å². The highest BCUT2D eigenvalue weighted by Gasteiger charge is 2.28. The fourth-order valence-corrected chi connectivity index (χ4v) is 3.36. The van der Waals surface area contributed by atoms with Gasteiger partial charge in [0.2, 0.25) is 0 Å². The molecule has 0 saturated carbocycles. The Hall–Kier alpha value is -0.540. The maximum atomic E-state index is 9.20. The minimum Gasteiger partial charge on any atom is -0.392 e. The predicted octanol–water partition coefficient (Wildman–Crippen LogP) is 4.20. The molecule has 3 heteroatoms. The molecule has 1 heterocycles. The Bertz CT molecular complexity index is 431. The molecule has 0 spiro atoms. The van der Waals surface area contributed by atoms with Gasteiger partial charge in [-0.2, -0.15) is 0 Å². The molecule has 0 radical (unpaired) electrons. The van der Waals surface area contributed by atoms with Gasteiger partial charge in [0, 0.05) is 23.2 Å². The van der Waals surface area contributed by atoms with Crippen molar-refractivity contribution in [1.82, 2.24) is 0 Å². The lowest BCUT2D eigenvalue weighted by molar-refractivity contribution is 0.199. The molecule has 1 saturated heterocycles. The summed E-state index contributed by atoms with van der Waals surface area (Å²) in [5, 5.41) is 9.20. The van der Waals surface area contributed by atoms with Gasteiger partial charge in [-0.15, -0.1) is 0 Å². The third kappa shape index (κ3) is 3.51. The third-order valence-electron chi connectivity index (χ3n) is 4.29. The van der Waals surface area contributed by atoms with Gasteiger partial charge in [0.1, 0.15) is 0 Å². The van der Waals surface area contributed by atoms with Gasteiger partial charge in [-0.1, -0.05) is 42.8 Å². The van der Waals surface area contributed by atoms with Crippen molar-refractivity contribution in [2.45, 2.75) is 40.2 Å². The Kier molecular flexibility index (Phi) is 4.57. The van der Waals surface area contributed by atoms with Crippen LogP contribution in [0.15, 0.2) is 22.7 Å². The zero-order valence-corrected chi connectivity index (χ0v) is 13.7. The zero-order chi connectivity index (χ0) is 14.0. The first kappa shape index (κ1) is 14.9. The van der Waals surface area contributed by atoms with E-state index in [1.54, 1.807) is 0 Å². The molecule has 2 rings (SSSR count). The monoisotopic (exact) mass is 325 g/mol. The van der Waals surface area contributed by atoms with Crippen molar-refractivity contribution in [3.63, 3.8) is 0 Å². The highest BCUT2D eigenvalue weighted by atomic mass is 79.9. The summed E-state index contributed by atoms with van der Waals surface area (Å²) in [5.41, 5.74) is 2.64. The summed E-state index contributed by atoms with van der Waals surface area (Å²) in [7, 11) is 0. The highest BCUT2D eigenvalue weighted by molar-refractivity contribution is 9.10. The van der Waals surface area contributed by atoms with Gasteiger partial charge >= 0.3 is 0 Å². The maximum Gasteiger partial charge on any atom is 0.0692 e. The van der Waals surface area contributed by atoms with Crippen LogP contribution in [-0.4, -0.2) is 18.2 Å². The molecule has 1 fully saturated rings. The molecular formula is C16H24BrNO.